The van der Waals surface area contributed by atoms with E-state index < -0.39 is 34.6 Å². The first-order valence-corrected chi connectivity index (χ1v) is 12.6. The van der Waals surface area contributed by atoms with Crippen molar-refractivity contribution in [1.29, 1.82) is 0 Å². The van der Waals surface area contributed by atoms with Gasteiger partial charge in [-0.25, -0.2) is 4.39 Å². The second kappa shape index (κ2) is 10.8. The normalized spacial score (nSPS) is 18.3. The molecule has 2 aliphatic rings. The molecule has 4 rings (SSSR count). The second-order valence-corrected chi connectivity index (χ2v) is 10.1. The smallest absolute Gasteiger partial charge is 0.368 e. The molecule has 1 aromatic heterocycles. The molecule has 1 aliphatic carbocycles. The van der Waals surface area contributed by atoms with Crippen molar-refractivity contribution in [3.63, 3.8) is 0 Å². The summed E-state index contributed by atoms with van der Waals surface area (Å²) in [6.45, 7) is 7.61. The third-order valence-electron chi connectivity index (χ3n) is 7.32. The van der Waals surface area contributed by atoms with Gasteiger partial charge in [0.1, 0.15) is 5.82 Å². The molecule has 0 radical (unpaired) electrons. The number of pyridine rings is 1. The minimum Gasteiger partial charge on any atom is -0.368 e. The first-order valence-electron chi connectivity index (χ1n) is 12.6. The monoisotopic (exact) mass is 532 g/mol. The number of halogens is 4. The van der Waals surface area contributed by atoms with Gasteiger partial charge in [0, 0.05) is 50.6 Å². The van der Waals surface area contributed by atoms with Crippen molar-refractivity contribution in [3.05, 3.63) is 76.0 Å². The molecule has 1 atom stereocenters. The number of rotatable bonds is 8. The van der Waals surface area contributed by atoms with E-state index in [2.05, 4.69) is 23.8 Å². The van der Waals surface area contributed by atoms with Crippen LogP contribution in [0.25, 0.3) is 5.57 Å². The molecule has 38 heavy (non-hydrogen) atoms. The summed E-state index contributed by atoms with van der Waals surface area (Å²) in [5.41, 5.74) is -1.70. The van der Waals surface area contributed by atoms with Crippen molar-refractivity contribution in [2.24, 2.45) is 13.0 Å². The lowest BCUT2D eigenvalue weighted by Crippen LogP contribution is -2.36. The number of hydrogen-bond acceptors (Lipinski definition) is 4. The number of amides is 1. The molecule has 0 bridgehead atoms. The van der Waals surface area contributed by atoms with Crippen molar-refractivity contribution in [2.75, 3.05) is 36.9 Å². The number of carbonyl (C=O) groups excluding carboxylic acids is 1. The zero-order chi connectivity index (χ0) is 27.8. The van der Waals surface area contributed by atoms with E-state index in [-0.39, 0.29) is 17.3 Å². The Kier molecular flexibility index (Phi) is 7.83. The zero-order valence-corrected chi connectivity index (χ0v) is 21.7. The predicted molar refractivity (Wildman–Crippen MR) is 141 cm³/mol. The highest BCUT2D eigenvalue weighted by molar-refractivity contribution is 6.07. The van der Waals surface area contributed by atoms with Crippen LogP contribution >= 0.6 is 0 Å². The summed E-state index contributed by atoms with van der Waals surface area (Å²) >= 11 is 0. The highest BCUT2D eigenvalue weighted by Gasteiger charge is 2.37. The number of hydrogen-bond donors (Lipinski definition) is 1. The molecule has 1 N–H and O–H groups in total. The fraction of sp³-hybridized carbons (Fsp3) is 0.429. The number of nitrogens with zero attached hydrogens (tertiary/aromatic N) is 3. The molecule has 1 saturated carbocycles. The Morgan fingerprint density at radius 3 is 2.53 bits per heavy atom. The van der Waals surface area contributed by atoms with Crippen LogP contribution in [-0.2, 0) is 13.2 Å². The summed E-state index contributed by atoms with van der Waals surface area (Å²) in [7, 11) is 3.34. The molecule has 1 aromatic carbocycles. The molecular weight excluding hydrogens is 500 g/mol. The fourth-order valence-corrected chi connectivity index (χ4v) is 4.94. The molecule has 6 nitrogen and oxygen atoms in total. The van der Waals surface area contributed by atoms with Gasteiger partial charge in [0.05, 0.1) is 22.5 Å². The number of anilines is 2. The first kappa shape index (κ1) is 27.6. The Bertz CT molecular complexity index is 1330. The van der Waals surface area contributed by atoms with Crippen LogP contribution in [0.2, 0.25) is 0 Å². The van der Waals surface area contributed by atoms with Crippen LogP contribution in [0.4, 0.5) is 28.9 Å². The number of aryl methyl sites for hydroxylation is 1. The third kappa shape index (κ3) is 5.85. The van der Waals surface area contributed by atoms with E-state index in [0.717, 1.165) is 23.7 Å². The van der Waals surface area contributed by atoms with Gasteiger partial charge in [-0.2, -0.15) is 13.2 Å². The highest BCUT2D eigenvalue weighted by Crippen LogP contribution is 2.37. The lowest BCUT2D eigenvalue weighted by molar-refractivity contribution is -0.138. The standard InChI is InChI=1S/C28H32F4N4O2/c1-5-18(6-2)20-11-24(33-27(38)21-16-35(4)26(37)12-22(21)28(30,31)32)25(13-23(20)29)36-10-9-19(15-36)34(3)14-17-7-8-17/h5-6,11-13,16-17,19H,1,7-10,14-15H2,2-4H3,(H,33,38)/b18-6+/t19-/m1/s1. The number of allylic oxidation sites excluding steroid dienone is 3. The van der Waals surface area contributed by atoms with E-state index in [1.54, 1.807) is 13.0 Å². The number of aromatic nitrogens is 1. The summed E-state index contributed by atoms with van der Waals surface area (Å²) in [4.78, 5) is 29.4. The highest BCUT2D eigenvalue weighted by atomic mass is 19.4. The summed E-state index contributed by atoms with van der Waals surface area (Å²) in [6, 6.07) is 3.38. The van der Waals surface area contributed by atoms with E-state index >= 15 is 4.39 Å². The van der Waals surface area contributed by atoms with E-state index in [4.69, 9.17) is 0 Å². The maximum atomic E-state index is 15.3. The van der Waals surface area contributed by atoms with Crippen molar-refractivity contribution < 1.29 is 22.4 Å². The molecule has 0 unspecified atom stereocenters. The Balaban J connectivity index is 1.72. The molecule has 204 valence electrons. The fourth-order valence-electron chi connectivity index (χ4n) is 4.94. The largest absolute Gasteiger partial charge is 0.417 e. The second-order valence-electron chi connectivity index (χ2n) is 10.1. The maximum Gasteiger partial charge on any atom is 0.417 e. The van der Waals surface area contributed by atoms with Crippen LogP contribution in [0.5, 0.6) is 0 Å². The average Bonchev–Trinajstić information content (AvgIpc) is 3.53. The Hall–Kier alpha value is -3.40. The summed E-state index contributed by atoms with van der Waals surface area (Å²) in [6.07, 6.45) is 2.38. The Labute approximate surface area is 219 Å². The number of alkyl halides is 3. The Morgan fingerprint density at radius 1 is 1.21 bits per heavy atom. The van der Waals surface area contributed by atoms with Crippen LogP contribution in [0.1, 0.15) is 47.7 Å². The molecule has 1 aliphatic heterocycles. The lowest BCUT2D eigenvalue weighted by atomic mass is 10.0. The van der Waals surface area contributed by atoms with E-state index in [1.165, 1.54) is 38.1 Å². The molecule has 2 aromatic rings. The summed E-state index contributed by atoms with van der Waals surface area (Å²) in [5.74, 6) is -0.865. The number of nitrogens with one attached hydrogen (secondary N) is 1. The Morgan fingerprint density at radius 2 is 1.92 bits per heavy atom. The molecule has 2 fully saturated rings. The van der Waals surface area contributed by atoms with Gasteiger partial charge in [-0.3, -0.25) is 9.59 Å². The molecule has 2 heterocycles. The lowest BCUT2D eigenvalue weighted by Gasteiger charge is -2.27. The van der Waals surface area contributed by atoms with Gasteiger partial charge in [0.2, 0.25) is 0 Å². The minimum absolute atomic E-state index is 0.166. The van der Waals surface area contributed by atoms with Crippen LogP contribution in [0.15, 0.2) is 47.9 Å². The molecule has 1 amide bonds. The topological polar surface area (TPSA) is 57.6 Å². The van der Waals surface area contributed by atoms with E-state index in [1.807, 2.05) is 4.90 Å². The first-order chi connectivity index (χ1) is 17.9. The van der Waals surface area contributed by atoms with Crippen LogP contribution in [0.3, 0.4) is 0 Å². The van der Waals surface area contributed by atoms with Crippen LogP contribution in [-0.4, -0.2) is 48.1 Å². The van der Waals surface area contributed by atoms with E-state index in [9.17, 15) is 22.8 Å². The molecular formula is C28H32F4N4O2. The van der Waals surface area contributed by atoms with Crippen molar-refractivity contribution in [2.45, 2.75) is 38.4 Å². The van der Waals surface area contributed by atoms with Gasteiger partial charge < -0.3 is 19.7 Å². The van der Waals surface area contributed by atoms with Gasteiger partial charge >= 0.3 is 6.18 Å². The quantitative estimate of drug-likeness (QED) is 0.370. The van der Waals surface area contributed by atoms with Gasteiger partial charge in [0.15, 0.2) is 0 Å². The summed E-state index contributed by atoms with van der Waals surface area (Å²) < 4.78 is 57.3. The minimum atomic E-state index is -4.91. The molecule has 0 spiro atoms. The van der Waals surface area contributed by atoms with Gasteiger partial charge in [0.25, 0.3) is 11.5 Å². The van der Waals surface area contributed by atoms with Gasteiger partial charge in [-0.15, -0.1) is 0 Å². The van der Waals surface area contributed by atoms with Crippen molar-refractivity contribution in [1.82, 2.24) is 9.47 Å². The zero-order valence-electron chi connectivity index (χ0n) is 21.7. The number of carbonyl (C=O) groups is 1. The number of benzene rings is 1. The molecule has 1 saturated heterocycles. The van der Waals surface area contributed by atoms with Crippen molar-refractivity contribution >= 4 is 22.9 Å². The molecule has 10 heteroatoms. The number of likely N-dealkylation sites (N-methyl/N-ethyl adjacent to an activating group) is 1. The van der Waals surface area contributed by atoms with E-state index in [0.29, 0.717) is 36.3 Å². The maximum absolute atomic E-state index is 15.3. The third-order valence-corrected chi connectivity index (χ3v) is 7.32. The van der Waals surface area contributed by atoms with Gasteiger partial charge in [-0.1, -0.05) is 18.7 Å². The van der Waals surface area contributed by atoms with Crippen LogP contribution in [0, 0.1) is 11.7 Å². The average molecular weight is 533 g/mol. The van der Waals surface area contributed by atoms with Crippen LogP contribution < -0.4 is 15.8 Å². The van der Waals surface area contributed by atoms with Gasteiger partial charge in [-0.05, 0) is 56.9 Å². The van der Waals surface area contributed by atoms with Crippen molar-refractivity contribution in [3.8, 4) is 0 Å². The SMILES string of the molecule is C=C/C(=C\C)c1cc(NC(=O)c2cn(C)c(=O)cc2C(F)(F)F)c(N2CC[C@@H](N(C)CC3CC3)C2)cc1F. The summed E-state index contributed by atoms with van der Waals surface area (Å²) in [5, 5.41) is 2.58. The predicted octanol–water partition coefficient (Wildman–Crippen LogP) is 5.31.